The van der Waals surface area contributed by atoms with E-state index in [1.165, 1.54) is 18.9 Å². The summed E-state index contributed by atoms with van der Waals surface area (Å²) in [5.74, 6) is 0.338. The van der Waals surface area contributed by atoms with Crippen molar-refractivity contribution in [2.24, 2.45) is 5.92 Å². The van der Waals surface area contributed by atoms with E-state index in [1.54, 1.807) is 6.07 Å². The minimum absolute atomic E-state index is 0.128. The van der Waals surface area contributed by atoms with Crippen LogP contribution < -0.4 is 0 Å². The summed E-state index contributed by atoms with van der Waals surface area (Å²) < 4.78 is 15.5. The summed E-state index contributed by atoms with van der Waals surface area (Å²) >= 11 is 0. The van der Waals surface area contributed by atoms with Crippen LogP contribution in [-0.4, -0.2) is 4.57 Å². The van der Waals surface area contributed by atoms with Crippen LogP contribution in [0, 0.1) is 23.1 Å². The second kappa shape index (κ2) is 3.34. The summed E-state index contributed by atoms with van der Waals surface area (Å²) in [6, 6.07) is 6.88. The van der Waals surface area contributed by atoms with Crippen LogP contribution in [0.5, 0.6) is 0 Å². The molecule has 0 unspecified atom stereocenters. The molecule has 0 bridgehead atoms. The molecule has 1 aromatic carbocycles. The molecule has 0 amide bonds. The molecule has 0 radical (unpaired) electrons. The lowest BCUT2D eigenvalue weighted by Crippen LogP contribution is -1.98. The van der Waals surface area contributed by atoms with Crippen LogP contribution in [-0.2, 0) is 6.54 Å². The number of rotatable bonds is 2. The average molecular weight is 214 g/mol. The van der Waals surface area contributed by atoms with Gasteiger partial charge >= 0.3 is 0 Å². The van der Waals surface area contributed by atoms with Gasteiger partial charge in [0.05, 0.1) is 5.56 Å². The van der Waals surface area contributed by atoms with Crippen molar-refractivity contribution in [1.29, 1.82) is 5.26 Å². The van der Waals surface area contributed by atoms with Gasteiger partial charge < -0.3 is 4.57 Å². The Morgan fingerprint density at radius 3 is 2.94 bits per heavy atom. The number of aromatic nitrogens is 1. The van der Waals surface area contributed by atoms with Gasteiger partial charge in [-0.05, 0) is 37.0 Å². The standard InChI is InChI=1S/C13H11FN2/c14-12-5-10-3-4-16(8-9-1-2-9)13(10)6-11(12)7-15/h3-6,9H,1-2,8H2. The first-order valence-corrected chi connectivity index (χ1v) is 5.46. The number of halogens is 1. The molecule has 0 saturated heterocycles. The van der Waals surface area contributed by atoms with E-state index in [-0.39, 0.29) is 5.56 Å². The highest BCUT2D eigenvalue weighted by Crippen LogP contribution is 2.32. The van der Waals surface area contributed by atoms with Crippen LogP contribution in [0.1, 0.15) is 18.4 Å². The van der Waals surface area contributed by atoms with Gasteiger partial charge in [-0.1, -0.05) is 0 Å². The van der Waals surface area contributed by atoms with Crippen LogP contribution in [0.2, 0.25) is 0 Å². The van der Waals surface area contributed by atoms with Crippen LogP contribution in [0.3, 0.4) is 0 Å². The molecule has 1 aromatic heterocycles. The molecule has 1 heterocycles. The fourth-order valence-electron chi connectivity index (χ4n) is 2.03. The smallest absolute Gasteiger partial charge is 0.141 e. The molecule has 1 saturated carbocycles. The summed E-state index contributed by atoms with van der Waals surface area (Å²) in [7, 11) is 0. The number of hydrogen-bond acceptors (Lipinski definition) is 1. The molecule has 3 rings (SSSR count). The van der Waals surface area contributed by atoms with Gasteiger partial charge in [-0.2, -0.15) is 5.26 Å². The molecule has 0 N–H and O–H groups in total. The first-order chi connectivity index (χ1) is 7.78. The lowest BCUT2D eigenvalue weighted by atomic mass is 10.1. The van der Waals surface area contributed by atoms with E-state index in [9.17, 15) is 4.39 Å². The van der Waals surface area contributed by atoms with Gasteiger partial charge in [0, 0.05) is 23.6 Å². The Bertz CT molecular complexity index is 588. The van der Waals surface area contributed by atoms with Crippen molar-refractivity contribution < 1.29 is 4.39 Å². The van der Waals surface area contributed by atoms with E-state index in [0.29, 0.717) is 0 Å². The van der Waals surface area contributed by atoms with Gasteiger partial charge in [-0.25, -0.2) is 4.39 Å². The predicted molar refractivity (Wildman–Crippen MR) is 59.3 cm³/mol. The summed E-state index contributed by atoms with van der Waals surface area (Å²) in [6.07, 6.45) is 4.54. The Balaban J connectivity index is 2.13. The Morgan fingerprint density at radius 2 is 2.25 bits per heavy atom. The third kappa shape index (κ3) is 1.47. The second-order valence-corrected chi connectivity index (χ2v) is 4.41. The maximum absolute atomic E-state index is 13.4. The molecule has 2 aromatic rings. The van der Waals surface area contributed by atoms with Crippen molar-refractivity contribution in [3.8, 4) is 6.07 Å². The fourth-order valence-corrected chi connectivity index (χ4v) is 2.03. The first kappa shape index (κ1) is 9.41. The monoisotopic (exact) mass is 214 g/mol. The normalized spacial score (nSPS) is 15.2. The van der Waals surface area contributed by atoms with Gasteiger partial charge in [-0.15, -0.1) is 0 Å². The predicted octanol–water partition coefficient (Wildman–Crippen LogP) is 3.06. The molecule has 80 valence electrons. The molecule has 0 spiro atoms. The largest absolute Gasteiger partial charge is 0.347 e. The van der Waals surface area contributed by atoms with Gasteiger partial charge in [0.2, 0.25) is 0 Å². The molecule has 1 aliphatic carbocycles. The van der Waals surface area contributed by atoms with E-state index in [1.807, 2.05) is 18.3 Å². The minimum atomic E-state index is -0.431. The van der Waals surface area contributed by atoms with E-state index >= 15 is 0 Å². The van der Waals surface area contributed by atoms with Gasteiger partial charge in [0.25, 0.3) is 0 Å². The molecule has 1 fully saturated rings. The Kier molecular flexibility index (Phi) is 1.97. The van der Waals surface area contributed by atoms with E-state index in [4.69, 9.17) is 5.26 Å². The second-order valence-electron chi connectivity index (χ2n) is 4.41. The Morgan fingerprint density at radius 1 is 1.44 bits per heavy atom. The van der Waals surface area contributed by atoms with Crippen molar-refractivity contribution in [1.82, 2.24) is 4.57 Å². The van der Waals surface area contributed by atoms with Crippen molar-refractivity contribution in [2.75, 3.05) is 0 Å². The van der Waals surface area contributed by atoms with Crippen LogP contribution in [0.4, 0.5) is 4.39 Å². The zero-order valence-electron chi connectivity index (χ0n) is 8.78. The molecular weight excluding hydrogens is 203 g/mol. The quantitative estimate of drug-likeness (QED) is 0.755. The summed E-state index contributed by atoms with van der Waals surface area (Å²) in [6.45, 7) is 0.986. The van der Waals surface area contributed by atoms with Crippen molar-refractivity contribution in [3.63, 3.8) is 0 Å². The van der Waals surface area contributed by atoms with E-state index in [0.717, 1.165) is 23.4 Å². The number of hydrogen-bond donors (Lipinski definition) is 0. The molecule has 3 heteroatoms. The SMILES string of the molecule is N#Cc1cc2c(ccn2CC2CC2)cc1F. The van der Waals surface area contributed by atoms with Crippen molar-refractivity contribution in [2.45, 2.75) is 19.4 Å². The highest BCUT2D eigenvalue weighted by atomic mass is 19.1. The fraction of sp³-hybridized carbons (Fsp3) is 0.308. The van der Waals surface area contributed by atoms with Gasteiger partial charge in [-0.3, -0.25) is 0 Å². The average Bonchev–Trinajstić information content (AvgIpc) is 3.01. The Labute approximate surface area is 92.9 Å². The zero-order chi connectivity index (χ0) is 11.1. The number of nitrogens with zero attached hydrogens (tertiary/aromatic N) is 2. The topological polar surface area (TPSA) is 28.7 Å². The lowest BCUT2D eigenvalue weighted by Gasteiger charge is -2.04. The van der Waals surface area contributed by atoms with Crippen LogP contribution >= 0.6 is 0 Å². The van der Waals surface area contributed by atoms with E-state index in [2.05, 4.69) is 4.57 Å². The molecule has 16 heavy (non-hydrogen) atoms. The molecule has 1 aliphatic rings. The van der Waals surface area contributed by atoms with Gasteiger partial charge in [0.1, 0.15) is 11.9 Å². The van der Waals surface area contributed by atoms with Crippen molar-refractivity contribution >= 4 is 10.9 Å². The number of benzene rings is 1. The zero-order valence-corrected chi connectivity index (χ0v) is 8.78. The summed E-state index contributed by atoms with van der Waals surface area (Å²) in [4.78, 5) is 0. The molecule has 2 nitrogen and oxygen atoms in total. The Hall–Kier alpha value is -1.82. The number of fused-ring (bicyclic) bond motifs is 1. The summed E-state index contributed by atoms with van der Waals surface area (Å²) in [5.41, 5.74) is 1.09. The van der Waals surface area contributed by atoms with E-state index < -0.39 is 5.82 Å². The third-order valence-corrected chi connectivity index (χ3v) is 3.13. The van der Waals surface area contributed by atoms with Crippen LogP contribution in [0.25, 0.3) is 10.9 Å². The molecule has 0 atom stereocenters. The highest BCUT2D eigenvalue weighted by Gasteiger charge is 2.22. The van der Waals surface area contributed by atoms with Crippen LogP contribution in [0.15, 0.2) is 24.4 Å². The lowest BCUT2D eigenvalue weighted by molar-refractivity contribution is 0.624. The first-order valence-electron chi connectivity index (χ1n) is 5.46. The van der Waals surface area contributed by atoms with Crippen molar-refractivity contribution in [3.05, 3.63) is 35.8 Å². The summed E-state index contributed by atoms with van der Waals surface area (Å²) in [5, 5.41) is 9.67. The number of nitriles is 1. The maximum atomic E-state index is 13.4. The van der Waals surface area contributed by atoms with Gasteiger partial charge in [0.15, 0.2) is 0 Å². The third-order valence-electron chi connectivity index (χ3n) is 3.13. The highest BCUT2D eigenvalue weighted by molar-refractivity contribution is 5.81. The maximum Gasteiger partial charge on any atom is 0.141 e. The molecule has 0 aliphatic heterocycles. The minimum Gasteiger partial charge on any atom is -0.347 e. The molecular formula is C13H11FN2.